The Hall–Kier alpha value is -3.10. The summed E-state index contributed by atoms with van der Waals surface area (Å²) in [6.45, 7) is 9.58. The maximum Gasteiger partial charge on any atom is 0.252 e. The van der Waals surface area contributed by atoms with Gasteiger partial charge in [0.1, 0.15) is 5.54 Å². The van der Waals surface area contributed by atoms with Crippen molar-refractivity contribution >= 4 is 17.5 Å². The molecule has 154 valence electrons. The van der Waals surface area contributed by atoms with Crippen LogP contribution in [-0.2, 0) is 5.54 Å². The summed E-state index contributed by atoms with van der Waals surface area (Å²) in [5.74, 6) is -0.305. The van der Waals surface area contributed by atoms with Crippen molar-refractivity contribution in [1.29, 1.82) is 5.26 Å². The zero-order valence-electron chi connectivity index (χ0n) is 17.8. The molecule has 3 rings (SSSR count). The predicted octanol–water partition coefficient (Wildman–Crippen LogP) is 5.66. The molecule has 0 bridgehead atoms. The highest BCUT2D eigenvalue weighted by molar-refractivity contribution is 6.30. The summed E-state index contributed by atoms with van der Waals surface area (Å²) in [5, 5.41) is 17.2. The molecule has 0 fully saturated rings. The largest absolute Gasteiger partial charge is 0.334 e. The molecule has 5 nitrogen and oxygen atoms in total. The minimum Gasteiger partial charge on any atom is -0.334 e. The second kappa shape index (κ2) is 7.97. The third-order valence-corrected chi connectivity index (χ3v) is 4.90. The molecule has 0 saturated carbocycles. The summed E-state index contributed by atoms with van der Waals surface area (Å²) < 4.78 is 1.94. The standard InChI is InChI=1S/C24H25ClN4O/c1-23(2,3)29-21(10-11-27-29)18-12-17(16-6-8-20(25)9-7-16)13-19(14-18)22(30)28-24(4,5)15-26/h6-14H,1-5H3,(H,28,30). The van der Waals surface area contributed by atoms with Crippen molar-refractivity contribution in [3.8, 4) is 28.5 Å². The minimum absolute atomic E-state index is 0.222. The number of nitrogens with zero attached hydrogens (tertiary/aromatic N) is 3. The number of halogens is 1. The Morgan fingerprint density at radius 3 is 2.23 bits per heavy atom. The third-order valence-electron chi connectivity index (χ3n) is 4.65. The quantitative estimate of drug-likeness (QED) is 0.592. The molecule has 0 aliphatic rings. The van der Waals surface area contributed by atoms with E-state index in [-0.39, 0.29) is 11.4 Å². The average molecular weight is 421 g/mol. The molecule has 0 radical (unpaired) electrons. The van der Waals surface area contributed by atoms with E-state index in [1.807, 2.05) is 53.2 Å². The van der Waals surface area contributed by atoms with Crippen molar-refractivity contribution < 1.29 is 4.79 Å². The van der Waals surface area contributed by atoms with E-state index in [9.17, 15) is 10.1 Å². The van der Waals surface area contributed by atoms with Gasteiger partial charge in [0.2, 0.25) is 0 Å². The van der Waals surface area contributed by atoms with E-state index in [1.165, 1.54) is 0 Å². The highest BCUT2D eigenvalue weighted by Crippen LogP contribution is 2.31. The maximum absolute atomic E-state index is 13.0. The first-order valence-corrected chi connectivity index (χ1v) is 10.1. The van der Waals surface area contributed by atoms with Gasteiger partial charge in [-0.1, -0.05) is 23.7 Å². The zero-order chi connectivity index (χ0) is 22.1. The highest BCUT2D eigenvalue weighted by Gasteiger charge is 2.23. The Bertz CT molecular complexity index is 1120. The first-order chi connectivity index (χ1) is 14.0. The number of nitrogens with one attached hydrogen (secondary N) is 1. The molecule has 6 heteroatoms. The lowest BCUT2D eigenvalue weighted by Gasteiger charge is -2.23. The van der Waals surface area contributed by atoms with Gasteiger partial charge in [0.05, 0.1) is 17.3 Å². The van der Waals surface area contributed by atoms with Crippen LogP contribution in [0.3, 0.4) is 0 Å². The molecule has 0 aliphatic carbocycles. The van der Waals surface area contributed by atoms with Crippen LogP contribution >= 0.6 is 11.6 Å². The second-order valence-electron chi connectivity index (χ2n) is 8.80. The molecule has 0 unspecified atom stereocenters. The van der Waals surface area contributed by atoms with Crippen LogP contribution in [0.15, 0.2) is 54.7 Å². The molecule has 1 amide bonds. The number of carbonyl (C=O) groups is 1. The second-order valence-corrected chi connectivity index (χ2v) is 9.23. The van der Waals surface area contributed by atoms with Crippen molar-refractivity contribution in [2.75, 3.05) is 0 Å². The zero-order valence-corrected chi connectivity index (χ0v) is 18.6. The molecule has 2 aromatic carbocycles. The fraction of sp³-hybridized carbons (Fsp3) is 0.292. The molecule has 0 saturated heterocycles. The number of amides is 1. The molecule has 0 atom stereocenters. The van der Waals surface area contributed by atoms with Crippen molar-refractivity contribution in [3.63, 3.8) is 0 Å². The molecule has 0 aliphatic heterocycles. The van der Waals surface area contributed by atoms with Gasteiger partial charge < -0.3 is 5.32 Å². The van der Waals surface area contributed by atoms with Gasteiger partial charge in [0.15, 0.2) is 0 Å². The Labute approximate surface area is 182 Å². The van der Waals surface area contributed by atoms with Crippen LogP contribution in [0.4, 0.5) is 0 Å². The van der Waals surface area contributed by atoms with Crippen molar-refractivity contribution in [2.24, 2.45) is 0 Å². The van der Waals surface area contributed by atoms with Gasteiger partial charge in [-0.15, -0.1) is 0 Å². The van der Waals surface area contributed by atoms with Gasteiger partial charge in [0.25, 0.3) is 5.91 Å². The lowest BCUT2D eigenvalue weighted by Crippen LogP contribution is -2.42. The molecule has 1 aromatic heterocycles. The summed E-state index contributed by atoms with van der Waals surface area (Å²) in [7, 11) is 0. The number of hydrogen-bond acceptors (Lipinski definition) is 3. The van der Waals surface area contributed by atoms with Gasteiger partial charge in [-0.25, -0.2) is 0 Å². The van der Waals surface area contributed by atoms with E-state index in [1.54, 1.807) is 20.0 Å². The number of rotatable bonds is 4. The van der Waals surface area contributed by atoms with E-state index in [0.717, 1.165) is 22.4 Å². The monoisotopic (exact) mass is 420 g/mol. The van der Waals surface area contributed by atoms with Crippen LogP contribution in [0.1, 0.15) is 45.0 Å². The topological polar surface area (TPSA) is 70.7 Å². The molecular formula is C24H25ClN4O. The van der Waals surface area contributed by atoms with E-state index in [4.69, 9.17) is 11.6 Å². The number of carbonyl (C=O) groups excluding carboxylic acids is 1. The fourth-order valence-corrected chi connectivity index (χ4v) is 3.28. The summed E-state index contributed by atoms with van der Waals surface area (Å²) in [5.41, 5.74) is 2.88. The molecule has 0 spiro atoms. The third kappa shape index (κ3) is 4.72. The fourth-order valence-electron chi connectivity index (χ4n) is 3.16. The van der Waals surface area contributed by atoms with Crippen molar-refractivity contribution in [2.45, 2.75) is 45.7 Å². The summed E-state index contributed by atoms with van der Waals surface area (Å²) in [6.07, 6.45) is 1.76. The normalized spacial score (nSPS) is 11.8. The average Bonchev–Trinajstić information content (AvgIpc) is 3.18. The number of benzene rings is 2. The SMILES string of the molecule is CC(C)(C#N)NC(=O)c1cc(-c2ccc(Cl)cc2)cc(-c2ccnn2C(C)(C)C)c1. The first-order valence-electron chi connectivity index (χ1n) is 9.70. The Morgan fingerprint density at radius 1 is 1.00 bits per heavy atom. The molecule has 30 heavy (non-hydrogen) atoms. The van der Waals surface area contributed by atoms with E-state index < -0.39 is 5.54 Å². The number of hydrogen-bond donors (Lipinski definition) is 1. The van der Waals surface area contributed by atoms with Crippen LogP contribution < -0.4 is 5.32 Å². The summed E-state index contributed by atoms with van der Waals surface area (Å²) >= 11 is 6.05. The molecule has 1 N–H and O–H groups in total. The van der Waals surface area contributed by atoms with Crippen LogP contribution in [0, 0.1) is 11.3 Å². The number of aromatic nitrogens is 2. The Kier molecular flexibility index (Phi) is 5.74. The van der Waals surface area contributed by atoms with E-state index >= 15 is 0 Å². The summed E-state index contributed by atoms with van der Waals surface area (Å²) in [4.78, 5) is 13.0. The van der Waals surface area contributed by atoms with Crippen LogP contribution in [0.2, 0.25) is 5.02 Å². The van der Waals surface area contributed by atoms with Gasteiger partial charge in [-0.3, -0.25) is 9.48 Å². The lowest BCUT2D eigenvalue weighted by atomic mass is 9.96. The lowest BCUT2D eigenvalue weighted by molar-refractivity contribution is 0.0929. The van der Waals surface area contributed by atoms with Gasteiger partial charge in [0, 0.05) is 22.3 Å². The van der Waals surface area contributed by atoms with Gasteiger partial charge >= 0.3 is 0 Å². The smallest absolute Gasteiger partial charge is 0.252 e. The first kappa shape index (κ1) is 21.6. The van der Waals surface area contributed by atoms with Gasteiger partial charge in [-0.05, 0) is 82.1 Å². The van der Waals surface area contributed by atoms with E-state index in [2.05, 4.69) is 37.3 Å². The highest BCUT2D eigenvalue weighted by atomic mass is 35.5. The van der Waals surface area contributed by atoms with E-state index in [0.29, 0.717) is 10.6 Å². The molecule has 1 heterocycles. The number of nitriles is 1. The molecule has 3 aromatic rings. The van der Waals surface area contributed by atoms with Crippen molar-refractivity contribution in [3.05, 3.63) is 65.3 Å². The summed E-state index contributed by atoms with van der Waals surface area (Å²) in [6, 6.07) is 17.2. The van der Waals surface area contributed by atoms with Gasteiger partial charge in [-0.2, -0.15) is 10.4 Å². The van der Waals surface area contributed by atoms with Crippen LogP contribution in [0.5, 0.6) is 0 Å². The molecular weight excluding hydrogens is 396 g/mol. The Balaban J connectivity index is 2.17. The Morgan fingerprint density at radius 2 is 1.63 bits per heavy atom. The van der Waals surface area contributed by atoms with Crippen LogP contribution in [-0.4, -0.2) is 21.2 Å². The van der Waals surface area contributed by atoms with Crippen LogP contribution in [0.25, 0.3) is 22.4 Å². The maximum atomic E-state index is 13.0. The minimum atomic E-state index is -0.972. The van der Waals surface area contributed by atoms with Crippen molar-refractivity contribution in [1.82, 2.24) is 15.1 Å². The predicted molar refractivity (Wildman–Crippen MR) is 120 cm³/mol.